The average Bonchev–Trinajstić information content (AvgIpc) is 2.64. The van der Waals surface area contributed by atoms with E-state index >= 15 is 0 Å². The lowest BCUT2D eigenvalue weighted by Crippen LogP contribution is -2.37. The second-order valence-corrected chi connectivity index (χ2v) is 6.66. The maximum atomic E-state index is 12.5. The van der Waals surface area contributed by atoms with Gasteiger partial charge >= 0.3 is 0 Å². The van der Waals surface area contributed by atoms with E-state index in [-0.39, 0.29) is 11.9 Å². The number of fused-ring (bicyclic) bond motifs is 1. The summed E-state index contributed by atoms with van der Waals surface area (Å²) in [4.78, 5) is 12.5. The molecule has 0 aromatic heterocycles. The van der Waals surface area contributed by atoms with E-state index in [1.54, 1.807) is 6.92 Å². The van der Waals surface area contributed by atoms with Gasteiger partial charge in [0.15, 0.2) is 17.6 Å². The molecule has 2 aromatic carbocycles. The van der Waals surface area contributed by atoms with Gasteiger partial charge in [0.25, 0.3) is 5.91 Å². The van der Waals surface area contributed by atoms with Crippen LogP contribution in [0, 0.1) is 13.8 Å². The van der Waals surface area contributed by atoms with Crippen LogP contribution >= 0.6 is 0 Å². The molecule has 0 bridgehead atoms. The molecule has 0 aliphatic carbocycles. The summed E-state index contributed by atoms with van der Waals surface area (Å²) in [5.74, 6) is 2.03. The van der Waals surface area contributed by atoms with Crippen LogP contribution in [0.15, 0.2) is 36.4 Å². The van der Waals surface area contributed by atoms with Gasteiger partial charge in [-0.05, 0) is 62.6 Å². The Morgan fingerprint density at radius 3 is 2.54 bits per heavy atom. The van der Waals surface area contributed by atoms with Crippen LogP contribution in [0.4, 0.5) is 0 Å². The predicted molar refractivity (Wildman–Crippen MR) is 100.0 cm³/mol. The van der Waals surface area contributed by atoms with E-state index < -0.39 is 6.10 Å². The van der Waals surface area contributed by atoms with Crippen molar-refractivity contribution in [3.8, 4) is 17.2 Å². The monoisotopic (exact) mass is 355 g/mol. The second-order valence-electron chi connectivity index (χ2n) is 6.66. The van der Waals surface area contributed by atoms with Gasteiger partial charge in [-0.3, -0.25) is 4.79 Å². The number of ether oxygens (including phenoxy) is 3. The summed E-state index contributed by atoms with van der Waals surface area (Å²) in [7, 11) is 0. The highest BCUT2D eigenvalue weighted by Crippen LogP contribution is 2.32. The molecule has 2 aromatic rings. The number of amides is 1. The first kappa shape index (κ1) is 18.1. The predicted octanol–water partition coefficient (Wildman–Crippen LogP) is 3.72. The largest absolute Gasteiger partial charge is 0.486 e. The SMILES string of the molecule is Cc1ccc(C)c(OC(C)C(=O)NC(C)c2ccc3c(c2)OCCO3)c1. The number of rotatable bonds is 5. The van der Waals surface area contributed by atoms with Gasteiger partial charge in [-0.2, -0.15) is 0 Å². The Labute approximate surface area is 154 Å². The lowest BCUT2D eigenvalue weighted by molar-refractivity contribution is -0.127. The molecule has 0 fully saturated rings. The highest BCUT2D eigenvalue weighted by molar-refractivity contribution is 5.81. The zero-order chi connectivity index (χ0) is 18.7. The van der Waals surface area contributed by atoms with E-state index in [1.807, 2.05) is 57.2 Å². The number of carbonyl (C=O) groups excluding carboxylic acids is 1. The van der Waals surface area contributed by atoms with Crippen molar-refractivity contribution in [1.29, 1.82) is 0 Å². The highest BCUT2D eigenvalue weighted by atomic mass is 16.6. The van der Waals surface area contributed by atoms with Crippen molar-refractivity contribution < 1.29 is 19.0 Å². The molecule has 1 amide bonds. The summed E-state index contributed by atoms with van der Waals surface area (Å²) in [6, 6.07) is 11.5. The molecule has 0 saturated heterocycles. The molecule has 2 atom stereocenters. The van der Waals surface area contributed by atoms with E-state index in [1.165, 1.54) is 0 Å². The van der Waals surface area contributed by atoms with Crippen molar-refractivity contribution in [3.63, 3.8) is 0 Å². The molecule has 1 aliphatic heterocycles. The van der Waals surface area contributed by atoms with Gasteiger partial charge in [-0.25, -0.2) is 0 Å². The smallest absolute Gasteiger partial charge is 0.261 e. The number of hydrogen-bond acceptors (Lipinski definition) is 4. The van der Waals surface area contributed by atoms with Gasteiger partial charge in [-0.1, -0.05) is 18.2 Å². The molecule has 138 valence electrons. The minimum atomic E-state index is -0.588. The van der Waals surface area contributed by atoms with Crippen molar-refractivity contribution >= 4 is 5.91 Å². The van der Waals surface area contributed by atoms with Crippen molar-refractivity contribution in [2.24, 2.45) is 0 Å². The third kappa shape index (κ3) is 4.10. The number of hydrogen-bond donors (Lipinski definition) is 1. The Kier molecular flexibility index (Phi) is 5.35. The molecular weight excluding hydrogens is 330 g/mol. The van der Waals surface area contributed by atoms with Gasteiger partial charge < -0.3 is 19.5 Å². The summed E-state index contributed by atoms with van der Waals surface area (Å²) < 4.78 is 17.0. The Morgan fingerprint density at radius 1 is 1.04 bits per heavy atom. The topological polar surface area (TPSA) is 56.8 Å². The summed E-state index contributed by atoms with van der Waals surface area (Å²) in [5.41, 5.74) is 3.07. The molecule has 5 heteroatoms. The van der Waals surface area contributed by atoms with Crippen molar-refractivity contribution in [1.82, 2.24) is 5.32 Å². The molecule has 26 heavy (non-hydrogen) atoms. The van der Waals surface area contributed by atoms with Crippen LogP contribution in [-0.2, 0) is 4.79 Å². The van der Waals surface area contributed by atoms with Crippen LogP contribution in [0.1, 0.15) is 36.6 Å². The van der Waals surface area contributed by atoms with Crippen LogP contribution in [0.5, 0.6) is 17.2 Å². The molecule has 3 rings (SSSR count). The van der Waals surface area contributed by atoms with Gasteiger partial charge in [0.05, 0.1) is 6.04 Å². The maximum Gasteiger partial charge on any atom is 0.261 e. The molecule has 1 heterocycles. The summed E-state index contributed by atoms with van der Waals surface area (Å²) >= 11 is 0. The van der Waals surface area contributed by atoms with Gasteiger partial charge in [0, 0.05) is 0 Å². The standard InChI is InChI=1S/C21H25NO4/c1-13-5-6-14(2)19(11-13)26-16(4)21(23)22-15(3)17-7-8-18-20(12-17)25-10-9-24-18/h5-8,11-12,15-16H,9-10H2,1-4H3,(H,22,23). The van der Waals surface area contributed by atoms with Crippen LogP contribution in [0.3, 0.4) is 0 Å². The number of aryl methyl sites for hydroxylation is 2. The average molecular weight is 355 g/mol. The number of benzene rings is 2. The minimum Gasteiger partial charge on any atom is -0.486 e. The summed E-state index contributed by atoms with van der Waals surface area (Å²) in [6.45, 7) is 8.77. The molecule has 2 unspecified atom stereocenters. The first-order valence-electron chi connectivity index (χ1n) is 8.88. The molecule has 1 N–H and O–H groups in total. The van der Waals surface area contributed by atoms with Crippen molar-refractivity contribution in [2.75, 3.05) is 13.2 Å². The molecule has 0 spiro atoms. The van der Waals surface area contributed by atoms with E-state index in [0.29, 0.717) is 13.2 Å². The Morgan fingerprint density at radius 2 is 1.77 bits per heavy atom. The molecule has 5 nitrogen and oxygen atoms in total. The van der Waals surface area contributed by atoms with Crippen molar-refractivity contribution in [3.05, 3.63) is 53.1 Å². The first-order chi connectivity index (χ1) is 12.4. The van der Waals surface area contributed by atoms with E-state index in [2.05, 4.69) is 5.32 Å². The summed E-state index contributed by atoms with van der Waals surface area (Å²) in [5, 5.41) is 3.00. The lowest BCUT2D eigenvalue weighted by atomic mass is 10.1. The minimum absolute atomic E-state index is 0.159. The van der Waals surface area contributed by atoms with Crippen LogP contribution < -0.4 is 19.5 Å². The van der Waals surface area contributed by atoms with E-state index in [0.717, 1.165) is 33.9 Å². The van der Waals surface area contributed by atoms with Crippen LogP contribution in [-0.4, -0.2) is 25.2 Å². The lowest BCUT2D eigenvalue weighted by Gasteiger charge is -2.22. The highest BCUT2D eigenvalue weighted by Gasteiger charge is 2.20. The zero-order valence-corrected chi connectivity index (χ0v) is 15.7. The molecule has 1 aliphatic rings. The molecule has 0 saturated carbocycles. The second kappa shape index (κ2) is 7.68. The Hall–Kier alpha value is -2.69. The van der Waals surface area contributed by atoms with Crippen LogP contribution in [0.2, 0.25) is 0 Å². The van der Waals surface area contributed by atoms with Gasteiger partial charge in [0.1, 0.15) is 19.0 Å². The molecule has 0 radical (unpaired) electrons. The molecular formula is C21H25NO4. The Balaban J connectivity index is 1.64. The third-order valence-corrected chi connectivity index (χ3v) is 4.44. The number of nitrogens with one attached hydrogen (secondary N) is 1. The fourth-order valence-electron chi connectivity index (χ4n) is 2.82. The third-order valence-electron chi connectivity index (χ3n) is 4.44. The zero-order valence-electron chi connectivity index (χ0n) is 15.7. The van der Waals surface area contributed by atoms with Gasteiger partial charge in [0.2, 0.25) is 0 Å². The first-order valence-corrected chi connectivity index (χ1v) is 8.88. The maximum absolute atomic E-state index is 12.5. The van der Waals surface area contributed by atoms with Crippen LogP contribution in [0.25, 0.3) is 0 Å². The fourth-order valence-corrected chi connectivity index (χ4v) is 2.82. The van der Waals surface area contributed by atoms with Crippen molar-refractivity contribution in [2.45, 2.75) is 39.8 Å². The van der Waals surface area contributed by atoms with E-state index in [9.17, 15) is 4.79 Å². The fraction of sp³-hybridized carbons (Fsp3) is 0.381. The van der Waals surface area contributed by atoms with Gasteiger partial charge in [-0.15, -0.1) is 0 Å². The Bertz CT molecular complexity index is 803. The normalized spacial score (nSPS) is 15.1. The quantitative estimate of drug-likeness (QED) is 0.888. The summed E-state index contributed by atoms with van der Waals surface area (Å²) in [6.07, 6.45) is -0.588. The number of carbonyl (C=O) groups is 1. The van der Waals surface area contributed by atoms with E-state index in [4.69, 9.17) is 14.2 Å².